The SMILES string of the molecule is c1cc2c(c(-c3cncnc3)c1)CCNC2. The van der Waals surface area contributed by atoms with Crippen molar-refractivity contribution in [3.63, 3.8) is 0 Å². The first kappa shape index (κ1) is 9.48. The van der Waals surface area contributed by atoms with E-state index in [2.05, 4.69) is 33.5 Å². The van der Waals surface area contributed by atoms with Crippen molar-refractivity contribution >= 4 is 0 Å². The summed E-state index contributed by atoms with van der Waals surface area (Å²) < 4.78 is 0. The molecule has 80 valence electrons. The standard InChI is InChI=1S/C13H13N3/c1-2-10-6-14-5-4-13(10)12(3-1)11-7-15-9-16-8-11/h1-3,7-9,14H,4-6H2. The van der Waals surface area contributed by atoms with Crippen LogP contribution in [0.5, 0.6) is 0 Å². The Morgan fingerprint density at radius 3 is 2.88 bits per heavy atom. The molecule has 0 saturated heterocycles. The lowest BCUT2D eigenvalue weighted by Gasteiger charge is -2.20. The molecule has 0 atom stereocenters. The molecule has 2 heterocycles. The van der Waals surface area contributed by atoms with Gasteiger partial charge in [0.2, 0.25) is 0 Å². The van der Waals surface area contributed by atoms with Gasteiger partial charge < -0.3 is 5.32 Å². The molecule has 1 aliphatic rings. The number of nitrogens with zero attached hydrogens (tertiary/aromatic N) is 2. The molecule has 0 aliphatic carbocycles. The van der Waals surface area contributed by atoms with Gasteiger partial charge in [-0.1, -0.05) is 18.2 Å². The molecule has 0 spiro atoms. The molecule has 0 unspecified atom stereocenters. The molecule has 1 N–H and O–H groups in total. The minimum absolute atomic E-state index is 0.969. The van der Waals surface area contributed by atoms with Gasteiger partial charge in [-0.05, 0) is 29.7 Å². The summed E-state index contributed by atoms with van der Waals surface area (Å²) >= 11 is 0. The molecule has 1 aromatic carbocycles. The van der Waals surface area contributed by atoms with Gasteiger partial charge in [0, 0.05) is 24.5 Å². The summed E-state index contributed by atoms with van der Waals surface area (Å²) in [6.07, 6.45) is 6.41. The Labute approximate surface area is 94.6 Å². The van der Waals surface area contributed by atoms with Crippen LogP contribution in [0.3, 0.4) is 0 Å². The van der Waals surface area contributed by atoms with E-state index in [-0.39, 0.29) is 0 Å². The Kier molecular flexibility index (Phi) is 2.38. The Morgan fingerprint density at radius 2 is 2.00 bits per heavy atom. The molecular formula is C13H13N3. The minimum atomic E-state index is 0.969. The maximum Gasteiger partial charge on any atom is 0.115 e. The number of aromatic nitrogens is 2. The van der Waals surface area contributed by atoms with E-state index in [0.29, 0.717) is 0 Å². The fourth-order valence-corrected chi connectivity index (χ4v) is 2.24. The molecule has 0 fully saturated rings. The van der Waals surface area contributed by atoms with Crippen LogP contribution in [0.15, 0.2) is 36.9 Å². The summed E-state index contributed by atoms with van der Waals surface area (Å²) in [5.74, 6) is 0. The van der Waals surface area contributed by atoms with Crippen LogP contribution in [0, 0.1) is 0 Å². The first-order valence-corrected chi connectivity index (χ1v) is 5.52. The number of hydrogen-bond donors (Lipinski definition) is 1. The Morgan fingerprint density at radius 1 is 1.12 bits per heavy atom. The zero-order chi connectivity index (χ0) is 10.8. The third kappa shape index (κ3) is 1.59. The third-order valence-corrected chi connectivity index (χ3v) is 3.01. The van der Waals surface area contributed by atoms with Crippen molar-refractivity contribution in [2.75, 3.05) is 6.54 Å². The van der Waals surface area contributed by atoms with Crippen LogP contribution < -0.4 is 5.32 Å². The van der Waals surface area contributed by atoms with Crippen molar-refractivity contribution in [2.45, 2.75) is 13.0 Å². The predicted molar refractivity (Wildman–Crippen MR) is 62.9 cm³/mol. The van der Waals surface area contributed by atoms with E-state index in [4.69, 9.17) is 0 Å². The highest BCUT2D eigenvalue weighted by Crippen LogP contribution is 2.27. The number of benzene rings is 1. The second-order valence-electron chi connectivity index (χ2n) is 4.00. The molecule has 0 amide bonds. The first-order valence-electron chi connectivity index (χ1n) is 5.52. The summed E-state index contributed by atoms with van der Waals surface area (Å²) in [5, 5.41) is 3.39. The van der Waals surface area contributed by atoms with Gasteiger partial charge in [0.25, 0.3) is 0 Å². The van der Waals surface area contributed by atoms with Crippen molar-refractivity contribution < 1.29 is 0 Å². The maximum atomic E-state index is 4.08. The lowest BCUT2D eigenvalue weighted by atomic mass is 9.93. The molecule has 0 radical (unpaired) electrons. The van der Waals surface area contributed by atoms with Crippen LogP contribution >= 0.6 is 0 Å². The second-order valence-corrected chi connectivity index (χ2v) is 4.00. The van der Waals surface area contributed by atoms with E-state index in [1.807, 2.05) is 12.4 Å². The summed E-state index contributed by atoms with van der Waals surface area (Å²) in [4.78, 5) is 8.17. The maximum absolute atomic E-state index is 4.08. The molecule has 0 bridgehead atoms. The summed E-state index contributed by atoms with van der Waals surface area (Å²) in [5.41, 5.74) is 5.23. The van der Waals surface area contributed by atoms with E-state index < -0.39 is 0 Å². The highest BCUT2D eigenvalue weighted by atomic mass is 14.9. The molecule has 1 aromatic heterocycles. The van der Waals surface area contributed by atoms with Crippen LogP contribution in [0.25, 0.3) is 11.1 Å². The Hall–Kier alpha value is -1.74. The number of nitrogens with one attached hydrogen (secondary N) is 1. The summed E-state index contributed by atoms with van der Waals surface area (Å²) in [6.45, 7) is 2.02. The smallest absolute Gasteiger partial charge is 0.115 e. The normalized spacial score (nSPS) is 14.5. The highest BCUT2D eigenvalue weighted by molar-refractivity contribution is 5.67. The van der Waals surface area contributed by atoms with Crippen LogP contribution in [-0.4, -0.2) is 16.5 Å². The van der Waals surface area contributed by atoms with Crippen LogP contribution in [0.4, 0.5) is 0 Å². The van der Waals surface area contributed by atoms with Gasteiger partial charge in [0.15, 0.2) is 0 Å². The molecule has 2 aromatic rings. The number of hydrogen-bond acceptors (Lipinski definition) is 3. The fraction of sp³-hybridized carbons (Fsp3) is 0.231. The topological polar surface area (TPSA) is 37.8 Å². The first-order chi connectivity index (χ1) is 7.95. The molecule has 3 rings (SSSR count). The van der Waals surface area contributed by atoms with Gasteiger partial charge in [-0.2, -0.15) is 0 Å². The lowest BCUT2D eigenvalue weighted by molar-refractivity contribution is 0.645. The van der Waals surface area contributed by atoms with Gasteiger partial charge in [0.05, 0.1) is 0 Å². The molecule has 3 nitrogen and oxygen atoms in total. The van der Waals surface area contributed by atoms with Crippen molar-refractivity contribution in [1.82, 2.24) is 15.3 Å². The van der Waals surface area contributed by atoms with Gasteiger partial charge in [0.1, 0.15) is 6.33 Å². The van der Waals surface area contributed by atoms with E-state index in [1.165, 1.54) is 16.7 Å². The minimum Gasteiger partial charge on any atom is -0.312 e. The van der Waals surface area contributed by atoms with Crippen molar-refractivity contribution in [2.24, 2.45) is 0 Å². The van der Waals surface area contributed by atoms with E-state index in [9.17, 15) is 0 Å². The zero-order valence-electron chi connectivity index (χ0n) is 8.98. The van der Waals surface area contributed by atoms with Gasteiger partial charge in [-0.25, -0.2) is 9.97 Å². The van der Waals surface area contributed by atoms with Gasteiger partial charge in [-0.3, -0.25) is 0 Å². The molecule has 0 saturated carbocycles. The summed E-state index contributed by atoms with van der Waals surface area (Å²) in [6, 6.07) is 6.45. The van der Waals surface area contributed by atoms with Crippen LogP contribution in [-0.2, 0) is 13.0 Å². The molecule has 1 aliphatic heterocycles. The predicted octanol–water partition coefficient (Wildman–Crippen LogP) is 1.79. The largest absolute Gasteiger partial charge is 0.312 e. The quantitative estimate of drug-likeness (QED) is 0.781. The fourth-order valence-electron chi connectivity index (χ4n) is 2.24. The molecule has 16 heavy (non-hydrogen) atoms. The van der Waals surface area contributed by atoms with Crippen LogP contribution in [0.2, 0.25) is 0 Å². The number of rotatable bonds is 1. The zero-order valence-corrected chi connectivity index (χ0v) is 8.98. The Balaban J connectivity index is 2.14. The summed E-state index contributed by atoms with van der Waals surface area (Å²) in [7, 11) is 0. The average Bonchev–Trinajstić information content (AvgIpc) is 2.39. The molecule has 3 heteroatoms. The monoisotopic (exact) mass is 211 g/mol. The van der Waals surface area contributed by atoms with E-state index >= 15 is 0 Å². The highest BCUT2D eigenvalue weighted by Gasteiger charge is 2.13. The third-order valence-electron chi connectivity index (χ3n) is 3.01. The lowest BCUT2D eigenvalue weighted by Crippen LogP contribution is -2.24. The molecular weight excluding hydrogens is 198 g/mol. The Bertz CT molecular complexity index is 494. The van der Waals surface area contributed by atoms with E-state index in [0.717, 1.165) is 25.1 Å². The van der Waals surface area contributed by atoms with Crippen LogP contribution in [0.1, 0.15) is 11.1 Å². The van der Waals surface area contributed by atoms with Gasteiger partial charge >= 0.3 is 0 Å². The van der Waals surface area contributed by atoms with E-state index in [1.54, 1.807) is 6.33 Å². The average molecular weight is 211 g/mol. The van der Waals surface area contributed by atoms with Gasteiger partial charge in [-0.15, -0.1) is 0 Å². The van der Waals surface area contributed by atoms with Crippen molar-refractivity contribution in [3.05, 3.63) is 48.0 Å². The second kappa shape index (κ2) is 4.02. The van der Waals surface area contributed by atoms with Crippen molar-refractivity contribution in [3.8, 4) is 11.1 Å². The van der Waals surface area contributed by atoms with Crippen molar-refractivity contribution in [1.29, 1.82) is 0 Å². The number of fused-ring (bicyclic) bond motifs is 1.